The summed E-state index contributed by atoms with van der Waals surface area (Å²) in [5.41, 5.74) is 6.96. The van der Waals surface area contributed by atoms with Gasteiger partial charge in [-0.25, -0.2) is 0 Å². The maximum absolute atomic E-state index is 5.48. The molecule has 2 aromatic carbocycles. The molecule has 3 rings (SSSR count). The lowest BCUT2D eigenvalue weighted by Gasteiger charge is -2.22. The van der Waals surface area contributed by atoms with Gasteiger partial charge >= 0.3 is 0 Å². The Morgan fingerprint density at radius 3 is 2.39 bits per heavy atom. The second kappa shape index (κ2) is 5.92. The zero-order valence-corrected chi connectivity index (χ0v) is 14.3. The van der Waals surface area contributed by atoms with E-state index in [4.69, 9.17) is 4.74 Å². The molecule has 0 amide bonds. The van der Waals surface area contributed by atoms with Crippen molar-refractivity contribution < 1.29 is 4.74 Å². The third-order valence-electron chi connectivity index (χ3n) is 4.47. The van der Waals surface area contributed by atoms with Crippen LogP contribution in [0, 0.1) is 20.8 Å². The molecule has 0 spiro atoms. The molecule has 23 heavy (non-hydrogen) atoms. The summed E-state index contributed by atoms with van der Waals surface area (Å²) >= 11 is 0. The molecule has 0 atom stereocenters. The Morgan fingerprint density at radius 1 is 0.913 bits per heavy atom. The summed E-state index contributed by atoms with van der Waals surface area (Å²) in [6.45, 7) is 6.32. The molecule has 0 saturated carbocycles. The van der Waals surface area contributed by atoms with Gasteiger partial charge in [0.1, 0.15) is 5.75 Å². The molecule has 1 aromatic heterocycles. The number of hydrogen-bond donors (Lipinski definition) is 0. The molecule has 0 N–H and O–H groups in total. The number of fused-ring (bicyclic) bond motifs is 1. The third kappa shape index (κ3) is 2.74. The first-order valence-corrected chi connectivity index (χ1v) is 7.75. The maximum Gasteiger partial charge on any atom is 0.122 e. The van der Waals surface area contributed by atoms with Crippen LogP contribution in [0.1, 0.15) is 16.7 Å². The van der Waals surface area contributed by atoms with Crippen LogP contribution in [0.4, 0.5) is 11.4 Å². The predicted octanol–water partition coefficient (Wildman–Crippen LogP) is 4.94. The van der Waals surface area contributed by atoms with E-state index in [0.29, 0.717) is 0 Å². The van der Waals surface area contributed by atoms with Crippen molar-refractivity contribution in [2.24, 2.45) is 0 Å². The zero-order chi connectivity index (χ0) is 16.6. The number of anilines is 2. The topological polar surface area (TPSA) is 25.4 Å². The van der Waals surface area contributed by atoms with Gasteiger partial charge in [-0.15, -0.1) is 0 Å². The first-order valence-electron chi connectivity index (χ1n) is 7.75. The average Bonchev–Trinajstić information content (AvgIpc) is 2.55. The molecule has 3 heteroatoms. The highest BCUT2D eigenvalue weighted by Gasteiger charge is 2.12. The van der Waals surface area contributed by atoms with Gasteiger partial charge in [-0.2, -0.15) is 0 Å². The number of ether oxygens (including phenoxy) is 1. The Kier molecular flexibility index (Phi) is 3.95. The molecule has 0 saturated heterocycles. The number of rotatable bonds is 3. The van der Waals surface area contributed by atoms with Crippen LogP contribution in [0.15, 0.2) is 42.6 Å². The third-order valence-corrected chi connectivity index (χ3v) is 4.47. The van der Waals surface area contributed by atoms with Gasteiger partial charge in [-0.05, 0) is 67.8 Å². The van der Waals surface area contributed by atoms with Crippen LogP contribution in [-0.4, -0.2) is 19.1 Å². The Balaban J connectivity index is 2.16. The summed E-state index contributed by atoms with van der Waals surface area (Å²) < 4.78 is 5.48. The second-order valence-electron chi connectivity index (χ2n) is 6.00. The molecule has 0 unspecified atom stereocenters. The number of methoxy groups -OCH3 is 1. The van der Waals surface area contributed by atoms with Gasteiger partial charge < -0.3 is 9.64 Å². The summed E-state index contributed by atoms with van der Waals surface area (Å²) in [7, 11) is 3.79. The zero-order valence-electron chi connectivity index (χ0n) is 14.3. The van der Waals surface area contributed by atoms with Gasteiger partial charge in [0.05, 0.1) is 18.3 Å². The van der Waals surface area contributed by atoms with Crippen molar-refractivity contribution in [2.45, 2.75) is 20.8 Å². The van der Waals surface area contributed by atoms with E-state index in [1.54, 1.807) is 7.11 Å². The lowest BCUT2D eigenvalue weighted by atomic mass is 10.1. The molecule has 0 aliphatic rings. The fraction of sp³-hybridized carbons (Fsp3) is 0.250. The molecular weight excluding hydrogens is 284 g/mol. The lowest BCUT2D eigenvalue weighted by Crippen LogP contribution is -2.10. The Hall–Kier alpha value is -2.55. The standard InChI is InChI=1S/C20H22N2O/c1-13-6-7-16(10-14(13)2)22(4)19-8-9-21-18-11-15(3)20(23-5)12-17(18)19/h6-12H,1-5H3. The van der Waals surface area contributed by atoms with E-state index >= 15 is 0 Å². The molecule has 0 bridgehead atoms. The fourth-order valence-electron chi connectivity index (χ4n) is 2.85. The number of nitrogens with zero attached hydrogens (tertiary/aromatic N) is 2. The summed E-state index contributed by atoms with van der Waals surface area (Å²) in [4.78, 5) is 6.70. The van der Waals surface area contributed by atoms with E-state index in [0.717, 1.165) is 27.9 Å². The number of aromatic nitrogens is 1. The summed E-state index contributed by atoms with van der Waals surface area (Å²) in [6.07, 6.45) is 1.86. The maximum atomic E-state index is 5.48. The molecule has 3 nitrogen and oxygen atoms in total. The number of pyridine rings is 1. The van der Waals surface area contributed by atoms with Crippen LogP contribution in [-0.2, 0) is 0 Å². The van der Waals surface area contributed by atoms with Gasteiger partial charge in [-0.3, -0.25) is 4.98 Å². The van der Waals surface area contributed by atoms with Crippen molar-refractivity contribution in [1.29, 1.82) is 0 Å². The van der Waals surface area contributed by atoms with Crippen molar-refractivity contribution in [3.05, 3.63) is 59.3 Å². The molecular formula is C20H22N2O. The van der Waals surface area contributed by atoms with Crippen molar-refractivity contribution in [2.75, 3.05) is 19.1 Å². The van der Waals surface area contributed by atoms with Crippen LogP contribution in [0.2, 0.25) is 0 Å². The molecule has 0 aliphatic carbocycles. The van der Waals surface area contributed by atoms with E-state index in [-0.39, 0.29) is 0 Å². The van der Waals surface area contributed by atoms with Crippen molar-refractivity contribution in [3.63, 3.8) is 0 Å². The van der Waals surface area contributed by atoms with Crippen LogP contribution < -0.4 is 9.64 Å². The average molecular weight is 306 g/mol. The highest BCUT2D eigenvalue weighted by Crippen LogP contribution is 2.34. The monoisotopic (exact) mass is 306 g/mol. The minimum atomic E-state index is 0.889. The Labute approximate surface area is 137 Å². The first-order chi connectivity index (χ1) is 11.0. The quantitative estimate of drug-likeness (QED) is 0.685. The molecule has 118 valence electrons. The predicted molar refractivity (Wildman–Crippen MR) is 97.0 cm³/mol. The SMILES string of the molecule is COc1cc2c(N(C)c3ccc(C)c(C)c3)ccnc2cc1C. The van der Waals surface area contributed by atoms with Gasteiger partial charge in [0.2, 0.25) is 0 Å². The summed E-state index contributed by atoms with van der Waals surface area (Å²) in [5, 5.41) is 1.09. The lowest BCUT2D eigenvalue weighted by molar-refractivity contribution is 0.412. The molecule has 0 fully saturated rings. The van der Waals surface area contributed by atoms with E-state index < -0.39 is 0 Å². The van der Waals surface area contributed by atoms with E-state index in [1.807, 2.05) is 19.2 Å². The van der Waals surface area contributed by atoms with E-state index in [9.17, 15) is 0 Å². The minimum absolute atomic E-state index is 0.889. The molecule has 0 aliphatic heterocycles. The van der Waals surface area contributed by atoms with E-state index in [2.05, 4.69) is 61.1 Å². The number of benzene rings is 2. The van der Waals surface area contributed by atoms with Gasteiger partial charge in [0.15, 0.2) is 0 Å². The van der Waals surface area contributed by atoms with Crippen LogP contribution >= 0.6 is 0 Å². The molecule has 1 heterocycles. The van der Waals surface area contributed by atoms with Crippen LogP contribution in [0.3, 0.4) is 0 Å². The number of hydrogen-bond acceptors (Lipinski definition) is 3. The van der Waals surface area contributed by atoms with Gasteiger partial charge in [0, 0.05) is 24.3 Å². The summed E-state index contributed by atoms with van der Waals surface area (Å²) in [6, 6.07) is 12.7. The highest BCUT2D eigenvalue weighted by atomic mass is 16.5. The molecule has 0 radical (unpaired) electrons. The van der Waals surface area contributed by atoms with E-state index in [1.165, 1.54) is 16.8 Å². The fourth-order valence-corrected chi connectivity index (χ4v) is 2.85. The Bertz CT molecular complexity index is 871. The van der Waals surface area contributed by atoms with Gasteiger partial charge in [-0.1, -0.05) is 6.07 Å². The van der Waals surface area contributed by atoms with Crippen molar-refractivity contribution in [3.8, 4) is 5.75 Å². The van der Waals surface area contributed by atoms with Crippen molar-refractivity contribution in [1.82, 2.24) is 4.98 Å². The van der Waals surface area contributed by atoms with Crippen LogP contribution in [0.5, 0.6) is 5.75 Å². The van der Waals surface area contributed by atoms with Gasteiger partial charge in [0.25, 0.3) is 0 Å². The minimum Gasteiger partial charge on any atom is -0.496 e. The largest absolute Gasteiger partial charge is 0.496 e. The second-order valence-corrected chi connectivity index (χ2v) is 6.00. The number of aryl methyl sites for hydroxylation is 3. The molecule has 3 aromatic rings. The van der Waals surface area contributed by atoms with Crippen molar-refractivity contribution >= 4 is 22.3 Å². The first kappa shape index (κ1) is 15.3. The highest BCUT2D eigenvalue weighted by molar-refractivity contribution is 5.95. The Morgan fingerprint density at radius 2 is 1.70 bits per heavy atom. The normalized spacial score (nSPS) is 10.8. The summed E-state index contributed by atoms with van der Waals surface area (Å²) in [5.74, 6) is 0.889. The smallest absolute Gasteiger partial charge is 0.122 e. The van der Waals surface area contributed by atoms with Crippen LogP contribution in [0.25, 0.3) is 10.9 Å².